The minimum Gasteiger partial charge on any atom is -0.452 e. The second-order valence-corrected chi connectivity index (χ2v) is 9.35. The van der Waals surface area contributed by atoms with Crippen molar-refractivity contribution in [2.75, 3.05) is 33.8 Å². The SMILES string of the molecule is CC1=CNC(CN2C(C(=O)N(C)CCCO)=C(N(C)C=O)NC2Oc2cccc(Cl)c2)S1. The van der Waals surface area contributed by atoms with E-state index in [2.05, 4.69) is 10.6 Å². The molecule has 2 heterocycles. The van der Waals surface area contributed by atoms with E-state index in [1.54, 1.807) is 50.1 Å². The summed E-state index contributed by atoms with van der Waals surface area (Å²) in [5, 5.41) is 16.2. The van der Waals surface area contributed by atoms with E-state index in [4.69, 9.17) is 21.4 Å². The summed E-state index contributed by atoms with van der Waals surface area (Å²) < 4.78 is 6.15. The highest BCUT2D eigenvalue weighted by atomic mass is 35.5. The quantitative estimate of drug-likeness (QED) is 0.433. The van der Waals surface area contributed by atoms with Gasteiger partial charge < -0.3 is 35.2 Å². The van der Waals surface area contributed by atoms with Gasteiger partial charge in [0.1, 0.15) is 17.3 Å². The topological polar surface area (TPSA) is 97.4 Å². The molecule has 0 saturated carbocycles. The van der Waals surface area contributed by atoms with Crippen LogP contribution in [0.5, 0.6) is 5.75 Å². The summed E-state index contributed by atoms with van der Waals surface area (Å²) in [5.74, 6) is 0.594. The molecule has 9 nitrogen and oxygen atoms in total. The highest BCUT2D eigenvalue weighted by Gasteiger charge is 2.41. The molecule has 1 aromatic carbocycles. The number of carbonyl (C=O) groups is 2. The summed E-state index contributed by atoms with van der Waals surface area (Å²) in [4.78, 5) is 30.8. The number of hydrogen-bond acceptors (Lipinski definition) is 8. The fourth-order valence-corrected chi connectivity index (χ4v) is 4.51. The summed E-state index contributed by atoms with van der Waals surface area (Å²) in [5.41, 5.74) is 0.319. The predicted octanol–water partition coefficient (Wildman–Crippen LogP) is 1.53. The highest BCUT2D eigenvalue weighted by molar-refractivity contribution is 8.03. The van der Waals surface area contributed by atoms with Crippen molar-refractivity contribution in [2.24, 2.45) is 0 Å². The second-order valence-electron chi connectivity index (χ2n) is 7.47. The van der Waals surface area contributed by atoms with E-state index >= 15 is 0 Å². The Bertz CT molecular complexity index is 912. The molecule has 2 unspecified atom stereocenters. The van der Waals surface area contributed by atoms with Crippen molar-refractivity contribution in [2.45, 2.75) is 25.1 Å². The summed E-state index contributed by atoms with van der Waals surface area (Å²) in [7, 11) is 3.24. The average Bonchev–Trinajstić information content (AvgIpc) is 3.34. The van der Waals surface area contributed by atoms with Gasteiger partial charge in [0.25, 0.3) is 12.3 Å². The number of nitrogens with one attached hydrogen (secondary N) is 2. The molecule has 0 spiro atoms. The zero-order valence-corrected chi connectivity index (χ0v) is 19.8. The van der Waals surface area contributed by atoms with Gasteiger partial charge in [0.15, 0.2) is 0 Å². The van der Waals surface area contributed by atoms with E-state index in [1.807, 2.05) is 18.0 Å². The zero-order valence-electron chi connectivity index (χ0n) is 18.2. The zero-order chi connectivity index (χ0) is 23.3. The average molecular weight is 482 g/mol. The number of halogens is 1. The molecule has 3 rings (SSSR count). The van der Waals surface area contributed by atoms with E-state index < -0.39 is 6.35 Å². The minimum atomic E-state index is -0.737. The van der Waals surface area contributed by atoms with Crippen LogP contribution < -0.4 is 15.4 Å². The van der Waals surface area contributed by atoms with Crippen LogP contribution in [0.3, 0.4) is 0 Å². The van der Waals surface area contributed by atoms with E-state index in [0.29, 0.717) is 48.2 Å². The van der Waals surface area contributed by atoms with E-state index in [9.17, 15) is 9.59 Å². The first-order valence-electron chi connectivity index (χ1n) is 10.2. The largest absolute Gasteiger partial charge is 0.452 e. The molecule has 1 aromatic rings. The van der Waals surface area contributed by atoms with E-state index in [-0.39, 0.29) is 17.9 Å². The van der Waals surface area contributed by atoms with Gasteiger partial charge in [0, 0.05) is 38.5 Å². The maximum absolute atomic E-state index is 13.4. The molecule has 2 amide bonds. The fraction of sp³-hybridized carbons (Fsp3) is 0.429. The number of nitrogens with zero attached hydrogens (tertiary/aromatic N) is 3. The van der Waals surface area contributed by atoms with Crippen LogP contribution in [0.4, 0.5) is 0 Å². The molecule has 2 aliphatic heterocycles. The normalized spacial score (nSPS) is 19.9. The second kappa shape index (κ2) is 10.8. The number of allylic oxidation sites excluding steroid dienone is 1. The number of carbonyl (C=O) groups excluding carboxylic acids is 2. The number of likely N-dealkylation sites (N-methyl/N-ethyl adjacent to an activating group) is 1. The Morgan fingerprint density at radius 2 is 2.19 bits per heavy atom. The van der Waals surface area contributed by atoms with Gasteiger partial charge in [-0.2, -0.15) is 0 Å². The van der Waals surface area contributed by atoms with Gasteiger partial charge in [-0.1, -0.05) is 17.7 Å². The van der Waals surface area contributed by atoms with Crippen molar-refractivity contribution in [3.8, 4) is 5.75 Å². The van der Waals surface area contributed by atoms with Crippen molar-refractivity contribution in [3.63, 3.8) is 0 Å². The lowest BCUT2D eigenvalue weighted by atomic mass is 10.3. The third kappa shape index (κ3) is 5.62. The van der Waals surface area contributed by atoms with Gasteiger partial charge in [0.2, 0.25) is 6.41 Å². The number of aliphatic hydroxyl groups excluding tert-OH is 1. The molecule has 0 aromatic heterocycles. The molecule has 0 fully saturated rings. The molecule has 0 saturated heterocycles. The maximum atomic E-state index is 13.4. The summed E-state index contributed by atoms with van der Waals surface area (Å²) in [6, 6.07) is 6.98. The van der Waals surface area contributed by atoms with Crippen LogP contribution in [0.2, 0.25) is 5.02 Å². The number of benzene rings is 1. The van der Waals surface area contributed by atoms with Crippen LogP contribution in [0.1, 0.15) is 13.3 Å². The fourth-order valence-electron chi connectivity index (χ4n) is 3.37. The molecule has 2 aliphatic rings. The monoisotopic (exact) mass is 481 g/mol. The third-order valence-electron chi connectivity index (χ3n) is 4.97. The summed E-state index contributed by atoms with van der Waals surface area (Å²) in [6.45, 7) is 2.80. The van der Waals surface area contributed by atoms with Crippen molar-refractivity contribution in [1.29, 1.82) is 0 Å². The van der Waals surface area contributed by atoms with Gasteiger partial charge >= 0.3 is 0 Å². The Kier molecular flexibility index (Phi) is 8.16. The molecule has 0 radical (unpaired) electrons. The minimum absolute atomic E-state index is 0.00584. The Morgan fingerprint density at radius 1 is 1.41 bits per heavy atom. The van der Waals surface area contributed by atoms with E-state index in [1.165, 1.54) is 9.80 Å². The molecule has 0 aliphatic carbocycles. The molecular formula is C21H28ClN5O4S. The lowest BCUT2D eigenvalue weighted by Gasteiger charge is -2.31. The van der Waals surface area contributed by atoms with Gasteiger partial charge in [-0.25, -0.2) is 0 Å². The first-order chi connectivity index (χ1) is 15.3. The van der Waals surface area contributed by atoms with Crippen LogP contribution in [0.25, 0.3) is 0 Å². The maximum Gasteiger partial charge on any atom is 0.273 e. The van der Waals surface area contributed by atoms with Gasteiger partial charge in [-0.3, -0.25) is 9.59 Å². The molecule has 2 atom stereocenters. The number of amides is 2. The van der Waals surface area contributed by atoms with Crippen molar-refractivity contribution >= 4 is 35.7 Å². The number of thioether (sulfide) groups is 1. The van der Waals surface area contributed by atoms with Crippen molar-refractivity contribution in [1.82, 2.24) is 25.3 Å². The smallest absolute Gasteiger partial charge is 0.273 e. The molecule has 32 heavy (non-hydrogen) atoms. The van der Waals surface area contributed by atoms with Crippen LogP contribution in [-0.4, -0.2) is 77.6 Å². The van der Waals surface area contributed by atoms with Crippen LogP contribution in [-0.2, 0) is 9.59 Å². The van der Waals surface area contributed by atoms with Crippen molar-refractivity contribution in [3.05, 3.63) is 51.9 Å². The Hall–Kier alpha value is -2.56. The van der Waals surface area contributed by atoms with Crippen LogP contribution in [0.15, 0.2) is 46.9 Å². The molecule has 174 valence electrons. The molecule has 3 N–H and O–H groups in total. The van der Waals surface area contributed by atoms with Crippen LogP contribution >= 0.6 is 23.4 Å². The summed E-state index contributed by atoms with van der Waals surface area (Å²) >= 11 is 7.77. The first-order valence-corrected chi connectivity index (χ1v) is 11.4. The standard InChI is InChI=1S/C21H28ClN5O4S/c1-14-11-23-17(32-14)12-27-18(20(30)25(2)8-5-9-28)19(26(3)13-29)24-21(27)31-16-7-4-6-15(22)10-16/h4,6-7,10-11,13,17,21,23-24,28H,5,8-9,12H2,1-3H3. The lowest BCUT2D eigenvalue weighted by molar-refractivity contribution is -0.128. The lowest BCUT2D eigenvalue weighted by Crippen LogP contribution is -2.48. The Balaban J connectivity index is 1.93. The molecular weight excluding hydrogens is 454 g/mol. The highest BCUT2D eigenvalue weighted by Crippen LogP contribution is 2.31. The van der Waals surface area contributed by atoms with Gasteiger partial charge in [-0.05, 0) is 36.4 Å². The number of ether oxygens (including phenoxy) is 1. The Labute approximate surface area is 197 Å². The third-order valence-corrected chi connectivity index (χ3v) is 6.27. The molecule has 0 bridgehead atoms. The summed E-state index contributed by atoms with van der Waals surface area (Å²) in [6.07, 6.45) is 2.28. The number of aliphatic hydroxyl groups is 1. The number of rotatable bonds is 10. The van der Waals surface area contributed by atoms with Gasteiger partial charge in [0.05, 0.1) is 11.9 Å². The first kappa shape index (κ1) is 24.1. The molecule has 11 heteroatoms. The Morgan fingerprint density at radius 3 is 2.81 bits per heavy atom. The van der Waals surface area contributed by atoms with Crippen LogP contribution in [0, 0.1) is 0 Å². The van der Waals surface area contributed by atoms with E-state index in [0.717, 1.165) is 4.91 Å². The van der Waals surface area contributed by atoms with Gasteiger partial charge in [-0.15, -0.1) is 11.8 Å². The number of hydrogen-bond donors (Lipinski definition) is 3. The predicted molar refractivity (Wildman–Crippen MR) is 124 cm³/mol. The van der Waals surface area contributed by atoms with Crippen molar-refractivity contribution < 1.29 is 19.4 Å².